The molecule has 2 N–H and O–H groups in total. The number of hydrogen-bond donors (Lipinski definition) is 1. The SMILES string of the molecule is Nc1ccccc1C(=O)N=S=O. The maximum atomic E-state index is 11.0. The van der Waals surface area contributed by atoms with Crippen molar-refractivity contribution >= 4 is 23.1 Å². The lowest BCUT2D eigenvalue weighted by atomic mass is 10.2. The van der Waals surface area contributed by atoms with E-state index in [0.29, 0.717) is 5.69 Å². The topological polar surface area (TPSA) is 72.5 Å². The summed E-state index contributed by atoms with van der Waals surface area (Å²) in [6, 6.07) is 6.47. The molecule has 0 atom stereocenters. The van der Waals surface area contributed by atoms with Gasteiger partial charge in [0.05, 0.1) is 5.56 Å². The van der Waals surface area contributed by atoms with Gasteiger partial charge in [0.2, 0.25) is 11.5 Å². The molecule has 1 aromatic carbocycles. The Morgan fingerprint density at radius 1 is 1.42 bits per heavy atom. The summed E-state index contributed by atoms with van der Waals surface area (Å²) >= 11 is -0.117. The molecule has 1 amide bonds. The molecule has 0 fully saturated rings. The van der Waals surface area contributed by atoms with Gasteiger partial charge >= 0.3 is 0 Å². The van der Waals surface area contributed by atoms with Crippen molar-refractivity contribution in [3.63, 3.8) is 0 Å². The van der Waals surface area contributed by atoms with Gasteiger partial charge in [-0.05, 0) is 12.1 Å². The average molecular weight is 182 g/mol. The summed E-state index contributed by atoms with van der Waals surface area (Å²) < 4.78 is 13.0. The minimum atomic E-state index is -0.590. The fourth-order valence-corrected chi connectivity index (χ4v) is 0.941. The summed E-state index contributed by atoms with van der Waals surface area (Å²) in [5, 5.41) is 0. The molecule has 1 rings (SSSR count). The second-order valence-electron chi connectivity index (χ2n) is 2.06. The minimum Gasteiger partial charge on any atom is -0.398 e. The second kappa shape index (κ2) is 3.77. The molecule has 4 nitrogen and oxygen atoms in total. The van der Waals surface area contributed by atoms with E-state index in [2.05, 4.69) is 4.36 Å². The third kappa shape index (κ3) is 1.76. The molecule has 1 aromatic rings. The van der Waals surface area contributed by atoms with Crippen LogP contribution in [-0.4, -0.2) is 10.1 Å². The van der Waals surface area contributed by atoms with Crippen LogP contribution >= 0.6 is 0 Å². The first kappa shape index (κ1) is 8.61. The molecule has 0 aliphatic carbocycles. The number of nitrogen functional groups attached to an aromatic ring is 1. The number of anilines is 1. The highest BCUT2D eigenvalue weighted by molar-refractivity contribution is 7.55. The maximum Gasteiger partial charge on any atom is 0.292 e. The zero-order valence-corrected chi connectivity index (χ0v) is 6.88. The molecule has 0 saturated heterocycles. The zero-order valence-electron chi connectivity index (χ0n) is 6.06. The van der Waals surface area contributed by atoms with Crippen LogP contribution in [0.15, 0.2) is 28.6 Å². The molecule has 0 aromatic heterocycles. The van der Waals surface area contributed by atoms with Crippen molar-refractivity contribution in [2.75, 3.05) is 5.73 Å². The van der Waals surface area contributed by atoms with E-state index in [-0.39, 0.29) is 17.0 Å². The molecule has 0 unspecified atom stereocenters. The quantitative estimate of drug-likeness (QED) is 0.653. The van der Waals surface area contributed by atoms with Gasteiger partial charge in [-0.3, -0.25) is 4.79 Å². The van der Waals surface area contributed by atoms with Gasteiger partial charge < -0.3 is 5.73 Å². The Balaban J connectivity index is 3.11. The fourth-order valence-electron chi connectivity index (χ4n) is 0.775. The Bertz CT molecular complexity index is 358. The lowest BCUT2D eigenvalue weighted by Crippen LogP contribution is -1.99. The van der Waals surface area contributed by atoms with Gasteiger partial charge in [0.25, 0.3) is 5.91 Å². The van der Waals surface area contributed by atoms with Crippen LogP contribution in [0.3, 0.4) is 0 Å². The van der Waals surface area contributed by atoms with E-state index in [1.807, 2.05) is 0 Å². The smallest absolute Gasteiger partial charge is 0.292 e. The molecule has 0 spiro atoms. The van der Waals surface area contributed by atoms with E-state index in [1.165, 1.54) is 6.07 Å². The van der Waals surface area contributed by atoms with Crippen molar-refractivity contribution in [3.8, 4) is 0 Å². The summed E-state index contributed by atoms with van der Waals surface area (Å²) in [5.41, 5.74) is 6.06. The minimum absolute atomic E-state index is 0.117. The summed E-state index contributed by atoms with van der Waals surface area (Å²) in [6.45, 7) is 0. The third-order valence-electron chi connectivity index (χ3n) is 1.31. The Kier molecular flexibility index (Phi) is 2.71. The van der Waals surface area contributed by atoms with Gasteiger partial charge in [0.15, 0.2) is 0 Å². The highest BCUT2D eigenvalue weighted by Crippen LogP contribution is 2.10. The van der Waals surface area contributed by atoms with Gasteiger partial charge in [-0.1, -0.05) is 12.1 Å². The summed E-state index contributed by atoms with van der Waals surface area (Å²) in [6.07, 6.45) is 0. The Hall–Kier alpha value is -1.49. The molecular weight excluding hydrogens is 176 g/mol. The number of nitrogens with zero attached hydrogens (tertiary/aromatic N) is 1. The third-order valence-corrected chi connectivity index (χ3v) is 1.55. The number of benzene rings is 1. The van der Waals surface area contributed by atoms with E-state index >= 15 is 0 Å². The monoisotopic (exact) mass is 182 g/mol. The first-order valence-electron chi connectivity index (χ1n) is 3.14. The number of para-hydroxylation sites is 1. The number of carbonyl (C=O) groups is 1. The molecule has 0 bridgehead atoms. The molecule has 62 valence electrons. The highest BCUT2D eigenvalue weighted by atomic mass is 32.1. The van der Waals surface area contributed by atoms with Crippen LogP contribution in [0.4, 0.5) is 5.69 Å². The predicted octanol–water partition coefficient (Wildman–Crippen LogP) is 0.806. The molecular formula is C7H6N2O2S. The van der Waals surface area contributed by atoms with Crippen molar-refractivity contribution in [1.29, 1.82) is 0 Å². The normalized spacial score (nSPS) is 9.00. The van der Waals surface area contributed by atoms with Gasteiger partial charge in [-0.2, -0.15) is 4.21 Å². The van der Waals surface area contributed by atoms with Crippen LogP contribution in [-0.2, 0) is 11.5 Å². The number of hydrogen-bond acceptors (Lipinski definition) is 3. The van der Waals surface area contributed by atoms with Crippen LogP contribution in [0.25, 0.3) is 0 Å². The van der Waals surface area contributed by atoms with E-state index in [1.54, 1.807) is 18.2 Å². The van der Waals surface area contributed by atoms with Crippen LogP contribution in [0, 0.1) is 0 Å². The molecule has 0 aliphatic rings. The van der Waals surface area contributed by atoms with Crippen LogP contribution in [0.1, 0.15) is 10.4 Å². The van der Waals surface area contributed by atoms with Crippen molar-refractivity contribution < 1.29 is 9.00 Å². The fraction of sp³-hybridized carbons (Fsp3) is 0. The highest BCUT2D eigenvalue weighted by Gasteiger charge is 2.06. The number of amides is 1. The molecule has 5 heteroatoms. The van der Waals surface area contributed by atoms with Gasteiger partial charge in [-0.15, -0.1) is 4.36 Å². The zero-order chi connectivity index (χ0) is 8.97. The van der Waals surface area contributed by atoms with Crippen LogP contribution in [0.2, 0.25) is 0 Å². The number of nitrogens with two attached hydrogens (primary N) is 1. The lowest BCUT2D eigenvalue weighted by molar-refractivity contribution is 0.101. The molecule has 0 radical (unpaired) electrons. The lowest BCUT2D eigenvalue weighted by Gasteiger charge is -1.96. The number of rotatable bonds is 1. The summed E-state index contributed by atoms with van der Waals surface area (Å²) in [4.78, 5) is 11.0. The first-order chi connectivity index (χ1) is 5.75. The van der Waals surface area contributed by atoms with Crippen molar-refractivity contribution in [1.82, 2.24) is 0 Å². The summed E-state index contributed by atoms with van der Waals surface area (Å²) in [5.74, 6) is -0.590. The van der Waals surface area contributed by atoms with Crippen LogP contribution < -0.4 is 5.73 Å². The van der Waals surface area contributed by atoms with E-state index in [0.717, 1.165) is 0 Å². The average Bonchev–Trinajstić information content (AvgIpc) is 2.05. The van der Waals surface area contributed by atoms with Gasteiger partial charge in [-0.25, -0.2) is 0 Å². The standard InChI is InChI=1S/C7H6N2O2S/c8-6-4-2-1-3-5(6)7(10)9-12-11/h1-4H,8H2. The van der Waals surface area contributed by atoms with Gasteiger partial charge in [0.1, 0.15) is 0 Å². The Morgan fingerprint density at radius 3 is 2.67 bits per heavy atom. The van der Waals surface area contributed by atoms with E-state index in [4.69, 9.17) is 5.73 Å². The molecule has 0 saturated carbocycles. The van der Waals surface area contributed by atoms with E-state index in [9.17, 15) is 9.00 Å². The molecule has 0 aliphatic heterocycles. The largest absolute Gasteiger partial charge is 0.398 e. The van der Waals surface area contributed by atoms with Crippen molar-refractivity contribution in [2.24, 2.45) is 4.36 Å². The van der Waals surface area contributed by atoms with Crippen molar-refractivity contribution in [3.05, 3.63) is 29.8 Å². The second-order valence-corrected chi connectivity index (χ2v) is 2.39. The van der Waals surface area contributed by atoms with Crippen molar-refractivity contribution in [2.45, 2.75) is 0 Å². The van der Waals surface area contributed by atoms with Gasteiger partial charge in [0, 0.05) is 5.69 Å². The predicted molar refractivity (Wildman–Crippen MR) is 45.8 cm³/mol. The maximum absolute atomic E-state index is 11.0. The molecule has 0 heterocycles. The van der Waals surface area contributed by atoms with Crippen LogP contribution in [0.5, 0.6) is 0 Å². The summed E-state index contributed by atoms with van der Waals surface area (Å²) in [7, 11) is 0. The Morgan fingerprint density at radius 2 is 2.08 bits per heavy atom. The molecule has 12 heavy (non-hydrogen) atoms. The first-order valence-corrected chi connectivity index (χ1v) is 3.84. The van der Waals surface area contributed by atoms with E-state index < -0.39 is 5.91 Å². The number of carbonyl (C=O) groups excluding carboxylic acids is 1. The Labute approximate surface area is 72.6 Å².